The van der Waals surface area contributed by atoms with Gasteiger partial charge in [0.15, 0.2) is 5.17 Å². The Kier molecular flexibility index (Phi) is 3.24. The molecule has 0 atom stereocenters. The molecule has 19 heavy (non-hydrogen) atoms. The molecule has 2 aliphatic rings. The fourth-order valence-corrected chi connectivity index (χ4v) is 4.17. The second-order valence-corrected chi connectivity index (χ2v) is 6.83. The van der Waals surface area contributed by atoms with Crippen molar-refractivity contribution in [3.8, 4) is 6.07 Å². The number of aliphatic imine (C=N–C) groups is 1. The minimum Gasteiger partial charge on any atom is -0.363 e. The second kappa shape index (κ2) is 4.90. The molecule has 1 aromatic carbocycles. The van der Waals surface area contributed by atoms with E-state index in [1.54, 1.807) is 0 Å². The number of benzene rings is 1. The van der Waals surface area contributed by atoms with Crippen LogP contribution in [0.5, 0.6) is 0 Å². The van der Waals surface area contributed by atoms with Gasteiger partial charge >= 0.3 is 0 Å². The molecule has 0 radical (unpaired) electrons. The van der Waals surface area contributed by atoms with E-state index in [9.17, 15) is 0 Å². The van der Waals surface area contributed by atoms with Crippen molar-refractivity contribution in [3.05, 3.63) is 29.3 Å². The van der Waals surface area contributed by atoms with Crippen LogP contribution in [0.25, 0.3) is 0 Å². The van der Waals surface area contributed by atoms with Crippen molar-refractivity contribution < 1.29 is 0 Å². The molecule has 3 rings (SSSR count). The van der Waals surface area contributed by atoms with Crippen molar-refractivity contribution in [2.45, 2.75) is 37.4 Å². The van der Waals surface area contributed by atoms with Gasteiger partial charge in [-0.05, 0) is 43.5 Å². The van der Waals surface area contributed by atoms with Crippen molar-refractivity contribution in [2.24, 2.45) is 4.99 Å². The van der Waals surface area contributed by atoms with Crippen molar-refractivity contribution >= 4 is 22.6 Å². The molecule has 1 aliphatic heterocycles. The fourth-order valence-electron chi connectivity index (χ4n) is 2.83. The molecular weight excluding hydrogens is 254 g/mol. The number of aryl methyl sites for hydroxylation is 1. The number of nitrogens with zero attached hydrogens (tertiary/aromatic N) is 2. The van der Waals surface area contributed by atoms with Gasteiger partial charge in [-0.15, -0.1) is 0 Å². The molecule has 0 amide bonds. The van der Waals surface area contributed by atoms with Gasteiger partial charge in [-0.1, -0.05) is 24.6 Å². The first-order valence-electron chi connectivity index (χ1n) is 6.73. The second-order valence-electron chi connectivity index (χ2n) is 5.38. The van der Waals surface area contributed by atoms with Crippen LogP contribution in [0, 0.1) is 18.3 Å². The van der Waals surface area contributed by atoms with Gasteiger partial charge < -0.3 is 5.32 Å². The lowest BCUT2D eigenvalue weighted by Gasteiger charge is -2.17. The Labute approximate surface area is 118 Å². The van der Waals surface area contributed by atoms with E-state index in [0.29, 0.717) is 10.3 Å². The maximum atomic E-state index is 8.87. The molecule has 4 heteroatoms. The lowest BCUT2D eigenvalue weighted by atomic mass is 10.1. The summed E-state index contributed by atoms with van der Waals surface area (Å²) in [5, 5.41) is 13.4. The molecule has 1 N–H and O–H groups in total. The van der Waals surface area contributed by atoms with Crippen LogP contribution in [0.2, 0.25) is 0 Å². The average Bonchev–Trinajstić information content (AvgIpc) is 3.03. The van der Waals surface area contributed by atoms with Gasteiger partial charge in [-0.2, -0.15) is 5.26 Å². The third kappa shape index (κ3) is 2.48. The molecule has 0 aromatic heterocycles. The first-order chi connectivity index (χ1) is 9.21. The molecular formula is C15H17N3S. The third-order valence-corrected chi connectivity index (χ3v) is 5.35. The van der Waals surface area contributed by atoms with E-state index in [2.05, 4.69) is 11.4 Å². The standard InChI is InChI=1S/C15H17N3S/c1-11-8-12(9-16)4-5-13(11)18-14-17-10-15(19-14)6-2-3-7-15/h4-5,8H,2-3,6-7,10H2,1H3,(H,17,18). The smallest absolute Gasteiger partial charge is 0.162 e. The Bertz CT molecular complexity index is 565. The van der Waals surface area contributed by atoms with Crippen LogP contribution in [0.4, 0.5) is 5.69 Å². The van der Waals surface area contributed by atoms with Gasteiger partial charge in [0, 0.05) is 11.3 Å². The first-order valence-corrected chi connectivity index (χ1v) is 7.55. The highest BCUT2D eigenvalue weighted by Gasteiger charge is 2.40. The van der Waals surface area contributed by atoms with Crippen molar-refractivity contribution in [1.82, 2.24) is 5.32 Å². The number of hydrogen-bond donors (Lipinski definition) is 1. The number of amidine groups is 1. The van der Waals surface area contributed by atoms with Crippen LogP contribution in [-0.4, -0.2) is 16.5 Å². The van der Waals surface area contributed by atoms with Crippen LogP contribution in [0.1, 0.15) is 36.8 Å². The first kappa shape index (κ1) is 12.6. The highest BCUT2D eigenvalue weighted by atomic mass is 32.2. The molecule has 1 saturated carbocycles. The quantitative estimate of drug-likeness (QED) is 0.850. The van der Waals surface area contributed by atoms with Crippen LogP contribution >= 0.6 is 11.8 Å². The zero-order valence-electron chi connectivity index (χ0n) is 11.1. The lowest BCUT2D eigenvalue weighted by molar-refractivity contribution is 0.609. The summed E-state index contributed by atoms with van der Waals surface area (Å²) >= 11 is 1.91. The number of hydrogen-bond acceptors (Lipinski definition) is 3. The van der Waals surface area contributed by atoms with Gasteiger partial charge in [0.1, 0.15) is 0 Å². The maximum absolute atomic E-state index is 8.87. The number of nitrogens with one attached hydrogen (secondary N) is 1. The van der Waals surface area contributed by atoms with E-state index in [1.165, 1.54) is 25.7 Å². The average molecular weight is 271 g/mol. The van der Waals surface area contributed by atoms with Gasteiger partial charge in [0.25, 0.3) is 0 Å². The Morgan fingerprint density at radius 2 is 2.16 bits per heavy atom. The summed E-state index contributed by atoms with van der Waals surface area (Å²) in [6.45, 7) is 3.05. The molecule has 1 spiro atoms. The van der Waals surface area contributed by atoms with Crippen LogP contribution in [0.15, 0.2) is 23.2 Å². The van der Waals surface area contributed by atoms with E-state index in [4.69, 9.17) is 10.3 Å². The molecule has 0 unspecified atom stereocenters. The van der Waals surface area contributed by atoms with Crippen LogP contribution < -0.4 is 5.32 Å². The molecule has 1 aromatic rings. The zero-order valence-corrected chi connectivity index (χ0v) is 11.9. The Morgan fingerprint density at radius 1 is 1.37 bits per heavy atom. The van der Waals surface area contributed by atoms with Crippen molar-refractivity contribution in [3.63, 3.8) is 0 Å². The zero-order chi connectivity index (χ0) is 13.3. The molecule has 0 bridgehead atoms. The Hall–Kier alpha value is -1.47. The summed E-state index contributed by atoms with van der Waals surface area (Å²) in [4.78, 5) is 4.71. The normalized spacial score (nSPS) is 22.6. The minimum absolute atomic E-state index is 0.402. The lowest BCUT2D eigenvalue weighted by Crippen LogP contribution is -2.25. The summed E-state index contributed by atoms with van der Waals surface area (Å²) in [5.41, 5.74) is 2.71. The summed E-state index contributed by atoms with van der Waals surface area (Å²) in [7, 11) is 0. The largest absolute Gasteiger partial charge is 0.363 e. The van der Waals surface area contributed by atoms with E-state index in [1.807, 2.05) is 36.9 Å². The van der Waals surface area contributed by atoms with Crippen molar-refractivity contribution in [2.75, 3.05) is 6.54 Å². The van der Waals surface area contributed by atoms with Gasteiger partial charge in [-0.3, -0.25) is 0 Å². The molecule has 1 heterocycles. The Morgan fingerprint density at radius 3 is 2.84 bits per heavy atom. The molecule has 2 fully saturated rings. The minimum atomic E-state index is 0.402. The topological polar surface area (TPSA) is 48.2 Å². The predicted molar refractivity (Wildman–Crippen MR) is 79.8 cm³/mol. The summed E-state index contributed by atoms with van der Waals surface area (Å²) in [6, 6.07) is 7.82. The molecule has 3 nitrogen and oxygen atoms in total. The van der Waals surface area contributed by atoms with Crippen molar-refractivity contribution in [1.29, 1.82) is 5.26 Å². The van der Waals surface area contributed by atoms with Gasteiger partial charge in [0.2, 0.25) is 0 Å². The van der Waals surface area contributed by atoms with E-state index < -0.39 is 0 Å². The molecule has 1 aliphatic carbocycles. The number of thioether (sulfide) groups is 1. The Balaban J connectivity index is 1.81. The molecule has 1 saturated heterocycles. The van der Waals surface area contributed by atoms with E-state index in [0.717, 1.165) is 23.0 Å². The third-order valence-electron chi connectivity index (χ3n) is 3.94. The maximum Gasteiger partial charge on any atom is 0.162 e. The SMILES string of the molecule is Cc1cc(C#N)ccc1/N=C1/NCC2(CCCC2)S1. The predicted octanol–water partition coefficient (Wildman–Crippen LogP) is 3.50. The fraction of sp³-hybridized carbons (Fsp3) is 0.467. The van der Waals surface area contributed by atoms with E-state index >= 15 is 0 Å². The number of nitriles is 1. The highest BCUT2D eigenvalue weighted by Crippen LogP contribution is 2.44. The van der Waals surface area contributed by atoms with Crippen LogP contribution in [-0.2, 0) is 0 Å². The van der Waals surface area contributed by atoms with Crippen LogP contribution in [0.3, 0.4) is 0 Å². The summed E-state index contributed by atoms with van der Waals surface area (Å²) in [5.74, 6) is 0. The molecule has 98 valence electrons. The highest BCUT2D eigenvalue weighted by molar-refractivity contribution is 8.15. The monoisotopic (exact) mass is 271 g/mol. The van der Waals surface area contributed by atoms with Gasteiger partial charge in [-0.25, -0.2) is 4.99 Å². The summed E-state index contributed by atoms with van der Waals surface area (Å²) in [6.07, 6.45) is 5.29. The number of rotatable bonds is 1. The summed E-state index contributed by atoms with van der Waals surface area (Å²) < 4.78 is 0.402. The van der Waals surface area contributed by atoms with Gasteiger partial charge in [0.05, 0.1) is 17.3 Å². The van der Waals surface area contributed by atoms with E-state index in [-0.39, 0.29) is 0 Å².